The van der Waals surface area contributed by atoms with Crippen molar-refractivity contribution in [1.82, 2.24) is 14.5 Å². The van der Waals surface area contributed by atoms with Gasteiger partial charge in [-0.05, 0) is 13.8 Å². The Hall–Kier alpha value is -2.27. The van der Waals surface area contributed by atoms with E-state index in [1.165, 1.54) is 18.0 Å². The van der Waals surface area contributed by atoms with Gasteiger partial charge in [-0.25, -0.2) is 4.79 Å². The number of amides is 1. The number of nitrogens with one attached hydrogen (secondary N) is 1. The summed E-state index contributed by atoms with van der Waals surface area (Å²) in [6.07, 6.45) is -2.15. The van der Waals surface area contributed by atoms with E-state index in [4.69, 9.17) is 4.74 Å². The third kappa shape index (κ3) is 4.72. The Balaban J connectivity index is 2.36. The molecule has 0 aromatic carbocycles. The molecule has 0 bridgehead atoms. The summed E-state index contributed by atoms with van der Waals surface area (Å²) in [5, 5.41) is 29.1. The Morgan fingerprint density at radius 1 is 1.30 bits per heavy atom. The van der Waals surface area contributed by atoms with Crippen molar-refractivity contribution in [2.24, 2.45) is 0 Å². The van der Waals surface area contributed by atoms with Crippen LogP contribution >= 0.6 is 0 Å². The lowest BCUT2D eigenvalue weighted by atomic mass is 10.1. The second-order valence-electron chi connectivity index (χ2n) is 6.73. The minimum absolute atomic E-state index is 0.0521. The molecule has 2 heterocycles. The predicted molar refractivity (Wildman–Crippen MR) is 94.9 cm³/mol. The highest BCUT2D eigenvalue weighted by molar-refractivity contribution is 5.73. The van der Waals surface area contributed by atoms with Crippen molar-refractivity contribution in [1.29, 1.82) is 0 Å². The zero-order chi connectivity index (χ0) is 20.3. The molecule has 0 saturated carbocycles. The van der Waals surface area contributed by atoms with E-state index in [1.54, 1.807) is 0 Å². The third-order valence-corrected chi connectivity index (χ3v) is 4.36. The zero-order valence-corrected chi connectivity index (χ0v) is 15.5. The van der Waals surface area contributed by atoms with Crippen LogP contribution in [0.2, 0.25) is 0 Å². The van der Waals surface area contributed by atoms with Crippen molar-refractivity contribution < 1.29 is 24.9 Å². The smallest absolute Gasteiger partial charge is 0.330 e. The maximum Gasteiger partial charge on any atom is 0.330 e. The van der Waals surface area contributed by atoms with Crippen molar-refractivity contribution in [2.75, 3.05) is 13.2 Å². The van der Waals surface area contributed by atoms with E-state index < -0.39 is 42.4 Å². The number of aliphatic hydroxyl groups excluding tert-OH is 3. The number of hydrogen-bond acceptors (Lipinski definition) is 7. The summed E-state index contributed by atoms with van der Waals surface area (Å²) in [7, 11) is 0. The van der Waals surface area contributed by atoms with Gasteiger partial charge in [0.2, 0.25) is 5.91 Å². The lowest BCUT2D eigenvalue weighted by Crippen LogP contribution is -2.40. The Bertz CT molecular complexity index is 825. The average Bonchev–Trinajstić information content (AvgIpc) is 2.87. The number of allylic oxidation sites excluding steroid dienone is 1. The fraction of sp³-hybridized carbons (Fsp3) is 0.588. The second kappa shape index (κ2) is 8.61. The summed E-state index contributed by atoms with van der Waals surface area (Å²) >= 11 is 0. The second-order valence-corrected chi connectivity index (χ2v) is 6.73. The van der Waals surface area contributed by atoms with E-state index in [0.717, 1.165) is 10.1 Å². The molecule has 1 amide bonds. The molecule has 1 aliphatic rings. The van der Waals surface area contributed by atoms with Crippen LogP contribution in [-0.2, 0) is 16.1 Å². The lowest BCUT2D eigenvalue weighted by Gasteiger charge is -2.21. The van der Waals surface area contributed by atoms with E-state index in [-0.39, 0.29) is 18.0 Å². The minimum Gasteiger partial charge on any atom is -0.394 e. The minimum atomic E-state index is -1.46. The highest BCUT2D eigenvalue weighted by Crippen LogP contribution is 2.28. The number of H-pyrrole nitrogens is 1. The zero-order valence-electron chi connectivity index (χ0n) is 15.5. The van der Waals surface area contributed by atoms with E-state index in [2.05, 4.69) is 4.98 Å². The van der Waals surface area contributed by atoms with Crippen molar-refractivity contribution in [3.63, 3.8) is 0 Å². The van der Waals surface area contributed by atoms with Crippen LogP contribution in [0.1, 0.15) is 32.6 Å². The molecule has 0 spiro atoms. The van der Waals surface area contributed by atoms with Gasteiger partial charge >= 0.3 is 5.69 Å². The highest BCUT2D eigenvalue weighted by atomic mass is 16.6. The molecular formula is C17H25N3O7. The van der Waals surface area contributed by atoms with Crippen LogP contribution in [0.5, 0.6) is 0 Å². The van der Waals surface area contributed by atoms with Gasteiger partial charge in [-0.15, -0.1) is 0 Å². The Morgan fingerprint density at radius 3 is 2.48 bits per heavy atom. The fourth-order valence-corrected chi connectivity index (χ4v) is 2.74. The van der Waals surface area contributed by atoms with Gasteiger partial charge in [-0.3, -0.25) is 19.1 Å². The van der Waals surface area contributed by atoms with E-state index in [9.17, 15) is 29.7 Å². The molecule has 4 N–H and O–H groups in total. The van der Waals surface area contributed by atoms with Crippen LogP contribution in [0.4, 0.5) is 0 Å². The van der Waals surface area contributed by atoms with Gasteiger partial charge in [0.1, 0.15) is 18.3 Å². The molecule has 2 rings (SSSR count). The lowest BCUT2D eigenvalue weighted by molar-refractivity contribution is -0.128. The molecule has 150 valence electrons. The molecule has 1 unspecified atom stereocenters. The number of ether oxygens (including phenoxy) is 1. The van der Waals surface area contributed by atoms with E-state index in [0.29, 0.717) is 6.54 Å². The molecule has 1 fully saturated rings. The summed E-state index contributed by atoms with van der Waals surface area (Å²) in [4.78, 5) is 39.7. The SMILES string of the molecule is CC(=O)N(CC=C(C)C)Cc1cn([C@@H]2O[C@H](CO)C(O)[C@@H]2O)c(=O)[nH]c1=O. The van der Waals surface area contributed by atoms with Crippen molar-refractivity contribution in [2.45, 2.75) is 51.9 Å². The predicted octanol–water partition coefficient (Wildman–Crippen LogP) is -1.54. The van der Waals surface area contributed by atoms with Gasteiger partial charge in [-0.2, -0.15) is 0 Å². The number of aliphatic hydroxyl groups is 3. The highest BCUT2D eigenvalue weighted by Gasteiger charge is 2.43. The summed E-state index contributed by atoms with van der Waals surface area (Å²) < 4.78 is 6.27. The Kier molecular flexibility index (Phi) is 6.71. The van der Waals surface area contributed by atoms with Gasteiger partial charge in [0, 0.05) is 19.7 Å². The van der Waals surface area contributed by atoms with Crippen molar-refractivity contribution >= 4 is 5.91 Å². The van der Waals surface area contributed by atoms with Crippen molar-refractivity contribution in [3.8, 4) is 0 Å². The van der Waals surface area contributed by atoms with Gasteiger partial charge in [0.05, 0.1) is 18.7 Å². The van der Waals surface area contributed by atoms with Gasteiger partial charge in [0.25, 0.3) is 5.56 Å². The topological polar surface area (TPSA) is 145 Å². The quantitative estimate of drug-likeness (QED) is 0.436. The number of aromatic nitrogens is 2. The van der Waals surface area contributed by atoms with Crippen LogP contribution in [-0.4, -0.2) is 67.1 Å². The number of nitrogens with zero attached hydrogens (tertiary/aromatic N) is 2. The number of carbonyl (C=O) groups excluding carboxylic acids is 1. The standard InChI is InChI=1S/C17H25N3O7/c1-9(2)4-5-19(10(3)22)6-11-7-20(17(26)18-15(11)25)16-14(24)13(23)12(8-21)27-16/h4,7,12-14,16,21,23-24H,5-6,8H2,1-3H3,(H,18,25,26)/t12-,13?,14+,16-/m1/s1. The summed E-state index contributed by atoms with van der Waals surface area (Å²) in [6, 6.07) is 0. The molecule has 10 heteroatoms. The molecule has 1 aliphatic heterocycles. The summed E-state index contributed by atoms with van der Waals surface area (Å²) in [6.45, 7) is 4.84. The molecular weight excluding hydrogens is 358 g/mol. The number of rotatable bonds is 6. The Labute approximate surface area is 155 Å². The third-order valence-electron chi connectivity index (χ3n) is 4.36. The molecule has 0 aliphatic carbocycles. The molecule has 1 saturated heterocycles. The van der Waals surface area contributed by atoms with Crippen molar-refractivity contribution in [3.05, 3.63) is 44.2 Å². The first-order chi connectivity index (χ1) is 12.6. The summed E-state index contributed by atoms with van der Waals surface area (Å²) in [5.74, 6) is -0.252. The molecule has 1 aromatic heterocycles. The van der Waals surface area contributed by atoms with Gasteiger partial charge in [0.15, 0.2) is 6.23 Å². The van der Waals surface area contributed by atoms with E-state index in [1.807, 2.05) is 19.9 Å². The fourth-order valence-electron chi connectivity index (χ4n) is 2.74. The summed E-state index contributed by atoms with van der Waals surface area (Å²) in [5.41, 5.74) is -0.375. The van der Waals surface area contributed by atoms with Crippen LogP contribution < -0.4 is 11.2 Å². The maximum atomic E-state index is 12.2. The van der Waals surface area contributed by atoms with Crippen LogP contribution in [0, 0.1) is 0 Å². The Morgan fingerprint density at radius 2 is 1.96 bits per heavy atom. The van der Waals surface area contributed by atoms with E-state index >= 15 is 0 Å². The van der Waals surface area contributed by atoms with Gasteiger partial charge < -0.3 is 25.0 Å². The molecule has 0 radical (unpaired) electrons. The maximum absolute atomic E-state index is 12.2. The average molecular weight is 383 g/mol. The first kappa shape index (κ1) is 21.0. The molecule has 10 nitrogen and oxygen atoms in total. The normalized spacial score (nSPS) is 24.7. The molecule has 1 aromatic rings. The van der Waals surface area contributed by atoms with Crippen LogP contribution in [0.3, 0.4) is 0 Å². The van der Waals surface area contributed by atoms with Crippen LogP contribution in [0.15, 0.2) is 27.4 Å². The largest absolute Gasteiger partial charge is 0.394 e. The first-order valence-electron chi connectivity index (χ1n) is 8.51. The molecule has 4 atom stereocenters. The van der Waals surface area contributed by atoms with Crippen LogP contribution in [0.25, 0.3) is 0 Å². The molecule has 27 heavy (non-hydrogen) atoms. The monoisotopic (exact) mass is 383 g/mol. The first-order valence-corrected chi connectivity index (χ1v) is 8.51. The van der Waals surface area contributed by atoms with Gasteiger partial charge in [-0.1, -0.05) is 11.6 Å². The number of carbonyl (C=O) groups is 1. The number of hydrogen-bond donors (Lipinski definition) is 4. The number of aromatic amines is 1.